The Kier molecular flexibility index (Phi) is 3.01. The molecule has 1 aromatic carbocycles. The van der Waals surface area contributed by atoms with Crippen molar-refractivity contribution in [1.29, 1.82) is 0 Å². The van der Waals surface area contributed by atoms with Crippen LogP contribution >= 0.6 is 0 Å². The third-order valence-electron chi connectivity index (χ3n) is 2.63. The number of fused-ring (bicyclic) bond motifs is 1. The smallest absolute Gasteiger partial charge is 0.417 e. The summed E-state index contributed by atoms with van der Waals surface area (Å²) in [6.45, 7) is 1.55. The molecule has 2 rings (SSSR count). The van der Waals surface area contributed by atoms with Crippen molar-refractivity contribution in [2.45, 2.75) is 13.3 Å². The molecule has 6 heteroatoms. The topological polar surface area (TPSA) is 100 Å². The highest BCUT2D eigenvalue weighted by atomic mass is 16.4. The summed E-state index contributed by atoms with van der Waals surface area (Å²) >= 11 is 0. The van der Waals surface area contributed by atoms with Crippen LogP contribution in [0.3, 0.4) is 0 Å². The highest BCUT2D eigenvalue weighted by molar-refractivity contribution is 6.01. The summed E-state index contributed by atoms with van der Waals surface area (Å²) in [4.78, 5) is 35.9. The molecular formula is C12H11NO5. The number of hydrogen-bond acceptors (Lipinski definition) is 4. The van der Waals surface area contributed by atoms with Gasteiger partial charge in [-0.2, -0.15) is 0 Å². The number of H-pyrrole nitrogens is 1. The number of carbonyl (C=O) groups excluding carboxylic acids is 1. The SMILES string of the molecule is CC(CC(=O)O)C(=O)c1ccc2oc(=O)[nH]c2c1. The Labute approximate surface area is 101 Å². The van der Waals surface area contributed by atoms with Gasteiger partial charge in [-0.05, 0) is 18.2 Å². The van der Waals surface area contributed by atoms with Crippen molar-refractivity contribution < 1.29 is 19.1 Å². The van der Waals surface area contributed by atoms with Gasteiger partial charge < -0.3 is 9.52 Å². The molecule has 2 N–H and O–H groups in total. The number of hydrogen-bond donors (Lipinski definition) is 2. The molecule has 1 heterocycles. The molecule has 1 aromatic heterocycles. The summed E-state index contributed by atoms with van der Waals surface area (Å²) in [5.74, 6) is -2.50. The maximum Gasteiger partial charge on any atom is 0.417 e. The Morgan fingerprint density at radius 1 is 1.44 bits per heavy atom. The van der Waals surface area contributed by atoms with Gasteiger partial charge in [0.2, 0.25) is 0 Å². The number of aromatic nitrogens is 1. The fourth-order valence-electron chi connectivity index (χ4n) is 1.74. The molecule has 1 unspecified atom stereocenters. The second-order valence-corrected chi connectivity index (χ2v) is 4.09. The van der Waals surface area contributed by atoms with Gasteiger partial charge in [0.25, 0.3) is 0 Å². The maximum absolute atomic E-state index is 11.9. The van der Waals surface area contributed by atoms with E-state index in [0.29, 0.717) is 16.7 Å². The van der Waals surface area contributed by atoms with E-state index in [2.05, 4.69) is 4.98 Å². The molecule has 0 aliphatic heterocycles. The average Bonchev–Trinajstić information content (AvgIpc) is 2.65. The number of benzene rings is 1. The van der Waals surface area contributed by atoms with E-state index in [-0.39, 0.29) is 12.2 Å². The summed E-state index contributed by atoms with van der Waals surface area (Å²) < 4.78 is 4.81. The van der Waals surface area contributed by atoms with Crippen LogP contribution in [-0.2, 0) is 4.79 Å². The molecule has 0 saturated carbocycles. The monoisotopic (exact) mass is 249 g/mol. The molecule has 1 atom stereocenters. The van der Waals surface area contributed by atoms with Gasteiger partial charge >= 0.3 is 11.7 Å². The minimum atomic E-state index is -1.02. The number of ketones is 1. The maximum atomic E-state index is 11.9. The lowest BCUT2D eigenvalue weighted by atomic mass is 9.96. The van der Waals surface area contributed by atoms with E-state index in [4.69, 9.17) is 9.52 Å². The average molecular weight is 249 g/mol. The normalized spacial score (nSPS) is 12.5. The minimum absolute atomic E-state index is 0.223. The molecule has 0 aliphatic carbocycles. The number of Topliss-reactive ketones (excluding diaryl/α,β-unsaturated/α-hetero) is 1. The van der Waals surface area contributed by atoms with E-state index in [1.807, 2.05) is 0 Å². The Morgan fingerprint density at radius 3 is 2.83 bits per heavy atom. The molecule has 0 aliphatic rings. The molecular weight excluding hydrogens is 238 g/mol. The first-order chi connectivity index (χ1) is 8.47. The van der Waals surface area contributed by atoms with Gasteiger partial charge in [-0.1, -0.05) is 6.92 Å². The lowest BCUT2D eigenvalue weighted by Gasteiger charge is -2.07. The molecule has 0 fully saturated rings. The van der Waals surface area contributed by atoms with E-state index < -0.39 is 17.6 Å². The largest absolute Gasteiger partial charge is 0.481 e. The zero-order valence-corrected chi connectivity index (χ0v) is 9.60. The number of nitrogens with one attached hydrogen (secondary N) is 1. The molecule has 94 valence electrons. The number of aromatic amines is 1. The highest BCUT2D eigenvalue weighted by Gasteiger charge is 2.18. The van der Waals surface area contributed by atoms with Crippen LogP contribution in [0.15, 0.2) is 27.4 Å². The summed E-state index contributed by atoms with van der Waals surface area (Å²) in [5, 5.41) is 8.64. The van der Waals surface area contributed by atoms with Gasteiger partial charge in [-0.25, -0.2) is 4.79 Å². The van der Waals surface area contributed by atoms with Crippen LogP contribution in [-0.4, -0.2) is 21.8 Å². The van der Waals surface area contributed by atoms with Gasteiger partial charge in [-0.15, -0.1) is 0 Å². The van der Waals surface area contributed by atoms with E-state index in [1.165, 1.54) is 18.2 Å². The van der Waals surface area contributed by atoms with Gasteiger partial charge in [0.1, 0.15) is 0 Å². The van der Waals surface area contributed by atoms with Gasteiger partial charge in [-0.3, -0.25) is 14.6 Å². The quantitative estimate of drug-likeness (QED) is 0.798. The molecule has 2 aromatic rings. The number of carboxylic acid groups (broad SMARTS) is 1. The van der Waals surface area contributed by atoms with Gasteiger partial charge in [0, 0.05) is 11.5 Å². The van der Waals surface area contributed by atoms with Crippen LogP contribution in [0.25, 0.3) is 11.1 Å². The molecule has 0 amide bonds. The van der Waals surface area contributed by atoms with Crippen molar-refractivity contribution in [2.24, 2.45) is 5.92 Å². The van der Waals surface area contributed by atoms with Crippen LogP contribution in [0.1, 0.15) is 23.7 Å². The standard InChI is InChI=1S/C12H11NO5/c1-6(4-10(14)15)11(16)7-2-3-9-8(5-7)13-12(17)18-9/h2-3,5-6H,4H2,1H3,(H,13,17)(H,14,15). The molecule has 18 heavy (non-hydrogen) atoms. The molecule has 0 spiro atoms. The second-order valence-electron chi connectivity index (χ2n) is 4.09. The first-order valence-corrected chi connectivity index (χ1v) is 5.36. The number of aliphatic carboxylic acids is 1. The van der Waals surface area contributed by atoms with Crippen molar-refractivity contribution in [1.82, 2.24) is 4.98 Å². The Balaban J connectivity index is 2.32. The molecule has 6 nitrogen and oxygen atoms in total. The second kappa shape index (κ2) is 4.48. The molecule has 0 bridgehead atoms. The first kappa shape index (κ1) is 12.1. The summed E-state index contributed by atoms with van der Waals surface area (Å²) in [6.07, 6.45) is -0.223. The predicted octanol–water partition coefficient (Wildman–Crippen LogP) is 1.41. The Hall–Kier alpha value is -2.37. The summed E-state index contributed by atoms with van der Waals surface area (Å²) in [5.41, 5.74) is 1.14. The van der Waals surface area contributed by atoms with Crippen molar-refractivity contribution in [3.63, 3.8) is 0 Å². The molecule has 0 radical (unpaired) electrons. The van der Waals surface area contributed by atoms with E-state index in [9.17, 15) is 14.4 Å². The third-order valence-corrected chi connectivity index (χ3v) is 2.63. The van der Waals surface area contributed by atoms with Crippen molar-refractivity contribution in [3.05, 3.63) is 34.3 Å². The zero-order chi connectivity index (χ0) is 13.3. The number of oxazole rings is 1. The highest BCUT2D eigenvalue weighted by Crippen LogP contribution is 2.17. The lowest BCUT2D eigenvalue weighted by Crippen LogP contribution is -2.15. The van der Waals surface area contributed by atoms with E-state index in [1.54, 1.807) is 6.92 Å². The van der Waals surface area contributed by atoms with Gasteiger partial charge in [0.05, 0.1) is 11.9 Å². The van der Waals surface area contributed by atoms with Crippen molar-refractivity contribution in [2.75, 3.05) is 0 Å². The van der Waals surface area contributed by atoms with Crippen LogP contribution in [0.4, 0.5) is 0 Å². The van der Waals surface area contributed by atoms with E-state index >= 15 is 0 Å². The Morgan fingerprint density at radius 2 is 2.17 bits per heavy atom. The van der Waals surface area contributed by atoms with Crippen molar-refractivity contribution >= 4 is 22.9 Å². The number of carbonyl (C=O) groups is 2. The van der Waals surface area contributed by atoms with E-state index in [0.717, 1.165) is 0 Å². The van der Waals surface area contributed by atoms with Crippen molar-refractivity contribution in [3.8, 4) is 0 Å². The fraction of sp³-hybridized carbons (Fsp3) is 0.250. The van der Waals surface area contributed by atoms with Crippen LogP contribution in [0.5, 0.6) is 0 Å². The van der Waals surface area contributed by atoms with Crippen LogP contribution in [0.2, 0.25) is 0 Å². The molecule has 0 saturated heterocycles. The predicted molar refractivity (Wildman–Crippen MR) is 62.6 cm³/mol. The number of carboxylic acids is 1. The lowest BCUT2D eigenvalue weighted by molar-refractivity contribution is -0.137. The summed E-state index contributed by atoms with van der Waals surface area (Å²) in [7, 11) is 0. The van der Waals surface area contributed by atoms with Crippen LogP contribution < -0.4 is 5.76 Å². The Bertz CT molecular complexity index is 666. The first-order valence-electron chi connectivity index (χ1n) is 5.36. The minimum Gasteiger partial charge on any atom is -0.481 e. The zero-order valence-electron chi connectivity index (χ0n) is 9.60. The fourth-order valence-corrected chi connectivity index (χ4v) is 1.74. The third kappa shape index (κ3) is 2.32. The summed E-state index contributed by atoms with van der Waals surface area (Å²) in [6, 6.07) is 4.51. The van der Waals surface area contributed by atoms with Crippen LogP contribution in [0, 0.1) is 5.92 Å². The van der Waals surface area contributed by atoms with Gasteiger partial charge in [0.15, 0.2) is 11.4 Å². The number of rotatable bonds is 4.